The van der Waals surface area contributed by atoms with Crippen LogP contribution in [-0.4, -0.2) is 26.1 Å². The van der Waals surface area contributed by atoms with E-state index in [4.69, 9.17) is 4.74 Å². The third-order valence-electron chi connectivity index (χ3n) is 2.85. The molecule has 2 rings (SSSR count). The Morgan fingerprint density at radius 3 is 2.67 bits per heavy atom. The zero-order chi connectivity index (χ0) is 15.2. The van der Waals surface area contributed by atoms with Gasteiger partial charge >= 0.3 is 5.97 Å². The third kappa shape index (κ3) is 3.48. The number of nitrogens with one attached hydrogen (secondary N) is 1. The molecule has 2 aromatic rings. The first-order chi connectivity index (χ1) is 10.2. The van der Waals surface area contributed by atoms with Crippen LogP contribution in [-0.2, 0) is 16.1 Å². The number of carbonyl (C=O) groups excluding carboxylic acids is 2. The van der Waals surface area contributed by atoms with Crippen molar-refractivity contribution >= 4 is 28.9 Å². The summed E-state index contributed by atoms with van der Waals surface area (Å²) in [6.45, 7) is 0.344. The van der Waals surface area contributed by atoms with Crippen molar-refractivity contribution in [3.05, 3.63) is 51.7 Å². The van der Waals surface area contributed by atoms with Crippen molar-refractivity contribution < 1.29 is 19.1 Å². The second-order valence-corrected chi connectivity index (χ2v) is 5.12. The van der Waals surface area contributed by atoms with Crippen LogP contribution >= 0.6 is 11.3 Å². The second-order valence-electron chi connectivity index (χ2n) is 4.20. The number of amides is 1. The quantitative estimate of drug-likeness (QED) is 0.863. The van der Waals surface area contributed by atoms with Crippen molar-refractivity contribution in [2.75, 3.05) is 19.5 Å². The van der Waals surface area contributed by atoms with Crippen molar-refractivity contribution in [3.8, 4) is 0 Å². The van der Waals surface area contributed by atoms with Crippen LogP contribution in [0.2, 0.25) is 0 Å². The van der Waals surface area contributed by atoms with Gasteiger partial charge in [0.05, 0.1) is 19.4 Å². The van der Waals surface area contributed by atoms with Gasteiger partial charge in [0, 0.05) is 12.7 Å². The summed E-state index contributed by atoms with van der Waals surface area (Å²) in [4.78, 5) is 24.3. The minimum absolute atomic E-state index is 0.286. The monoisotopic (exact) mass is 305 g/mol. The average molecular weight is 305 g/mol. The number of ether oxygens (including phenoxy) is 2. The van der Waals surface area contributed by atoms with Crippen LogP contribution in [0, 0.1) is 0 Å². The molecule has 0 aliphatic rings. The van der Waals surface area contributed by atoms with Crippen LogP contribution in [0.5, 0.6) is 0 Å². The van der Waals surface area contributed by atoms with Crippen molar-refractivity contribution in [1.82, 2.24) is 0 Å². The number of carbonyl (C=O) groups is 2. The lowest BCUT2D eigenvalue weighted by Gasteiger charge is -2.09. The van der Waals surface area contributed by atoms with E-state index in [0.29, 0.717) is 22.7 Å². The molecule has 1 N–H and O–H groups in total. The summed E-state index contributed by atoms with van der Waals surface area (Å²) in [7, 11) is 2.88. The van der Waals surface area contributed by atoms with Crippen LogP contribution in [0.15, 0.2) is 35.7 Å². The maximum atomic E-state index is 12.4. The maximum absolute atomic E-state index is 12.4. The first-order valence-electron chi connectivity index (χ1n) is 6.21. The summed E-state index contributed by atoms with van der Waals surface area (Å²) in [6.07, 6.45) is 0. The molecule has 0 bridgehead atoms. The highest BCUT2D eigenvalue weighted by Gasteiger charge is 2.17. The number of benzene rings is 1. The molecule has 1 aromatic carbocycles. The van der Waals surface area contributed by atoms with Gasteiger partial charge in [0.1, 0.15) is 4.88 Å². The number of methoxy groups -OCH3 is 2. The maximum Gasteiger partial charge on any atom is 0.350 e. The topological polar surface area (TPSA) is 64.6 Å². The normalized spacial score (nSPS) is 10.2. The molecule has 1 heterocycles. The number of hydrogen-bond acceptors (Lipinski definition) is 5. The molecule has 1 amide bonds. The molecule has 1 aromatic heterocycles. The van der Waals surface area contributed by atoms with Crippen molar-refractivity contribution in [1.29, 1.82) is 0 Å². The fraction of sp³-hybridized carbons (Fsp3) is 0.200. The number of thiophene rings is 1. The molecule has 0 aliphatic carbocycles. The Kier molecular flexibility index (Phi) is 5.08. The molecule has 0 saturated carbocycles. The Labute approximate surface area is 126 Å². The average Bonchev–Trinajstić information content (AvgIpc) is 2.95. The molecule has 5 nitrogen and oxygen atoms in total. The van der Waals surface area contributed by atoms with E-state index in [9.17, 15) is 9.59 Å². The lowest BCUT2D eigenvalue weighted by atomic mass is 10.1. The molecular weight excluding hydrogens is 290 g/mol. The fourth-order valence-corrected chi connectivity index (χ4v) is 2.64. The van der Waals surface area contributed by atoms with Crippen LogP contribution in [0.3, 0.4) is 0 Å². The zero-order valence-corrected chi connectivity index (χ0v) is 12.5. The van der Waals surface area contributed by atoms with E-state index in [1.165, 1.54) is 18.4 Å². The molecular formula is C15H15NO4S. The fourth-order valence-electron chi connectivity index (χ4n) is 1.87. The predicted molar refractivity (Wildman–Crippen MR) is 80.8 cm³/mol. The molecule has 0 atom stereocenters. The molecule has 0 aliphatic heterocycles. The van der Waals surface area contributed by atoms with E-state index in [-0.39, 0.29) is 5.91 Å². The lowest BCUT2D eigenvalue weighted by Crippen LogP contribution is -2.16. The zero-order valence-electron chi connectivity index (χ0n) is 11.7. The van der Waals surface area contributed by atoms with Gasteiger partial charge < -0.3 is 14.8 Å². The summed E-state index contributed by atoms with van der Waals surface area (Å²) >= 11 is 1.22. The van der Waals surface area contributed by atoms with E-state index in [1.807, 2.05) is 12.1 Å². The number of rotatable bonds is 5. The first-order valence-corrected chi connectivity index (χ1v) is 7.09. The van der Waals surface area contributed by atoms with E-state index in [0.717, 1.165) is 5.56 Å². The van der Waals surface area contributed by atoms with Gasteiger partial charge in [-0.15, -0.1) is 11.3 Å². The third-order valence-corrected chi connectivity index (χ3v) is 3.74. The summed E-state index contributed by atoms with van der Waals surface area (Å²) in [5.41, 5.74) is 1.75. The van der Waals surface area contributed by atoms with Gasteiger partial charge in [-0.2, -0.15) is 0 Å². The second kappa shape index (κ2) is 7.01. The van der Waals surface area contributed by atoms with Crippen LogP contribution in [0.1, 0.15) is 25.6 Å². The predicted octanol–water partition coefficient (Wildman–Crippen LogP) is 2.93. The number of anilines is 1. The van der Waals surface area contributed by atoms with Crippen LogP contribution in [0.25, 0.3) is 0 Å². The van der Waals surface area contributed by atoms with Gasteiger partial charge in [-0.3, -0.25) is 4.79 Å². The Balaban J connectivity index is 2.23. The lowest BCUT2D eigenvalue weighted by molar-refractivity contribution is 0.0607. The molecule has 0 spiro atoms. The molecule has 0 radical (unpaired) electrons. The highest BCUT2D eigenvalue weighted by molar-refractivity contribution is 7.12. The van der Waals surface area contributed by atoms with Gasteiger partial charge in [-0.25, -0.2) is 4.79 Å². The first kappa shape index (κ1) is 15.2. The van der Waals surface area contributed by atoms with E-state index in [2.05, 4.69) is 10.1 Å². The number of esters is 1. The smallest absolute Gasteiger partial charge is 0.350 e. The Bertz CT molecular complexity index is 651. The summed E-state index contributed by atoms with van der Waals surface area (Å²) in [5, 5.41) is 4.46. The molecule has 0 fully saturated rings. The van der Waals surface area contributed by atoms with E-state index in [1.54, 1.807) is 30.7 Å². The van der Waals surface area contributed by atoms with Crippen LogP contribution in [0.4, 0.5) is 5.69 Å². The Morgan fingerprint density at radius 2 is 1.95 bits per heavy atom. The van der Waals surface area contributed by atoms with Crippen LogP contribution < -0.4 is 5.32 Å². The SMILES string of the molecule is COCc1ccccc1C(=O)Nc1ccsc1C(=O)OC. The summed E-state index contributed by atoms with van der Waals surface area (Å²) in [6, 6.07) is 8.84. The highest BCUT2D eigenvalue weighted by Crippen LogP contribution is 2.24. The largest absolute Gasteiger partial charge is 0.465 e. The van der Waals surface area contributed by atoms with Crippen molar-refractivity contribution in [2.45, 2.75) is 6.61 Å². The molecule has 110 valence electrons. The van der Waals surface area contributed by atoms with Crippen molar-refractivity contribution in [3.63, 3.8) is 0 Å². The molecule has 0 saturated heterocycles. The summed E-state index contributed by atoms with van der Waals surface area (Å²) in [5.74, 6) is -0.753. The minimum Gasteiger partial charge on any atom is -0.465 e. The standard InChI is InChI=1S/C15H15NO4S/c1-19-9-10-5-3-4-6-11(10)14(17)16-12-7-8-21-13(12)15(18)20-2/h3-8H,9H2,1-2H3,(H,16,17). The number of hydrogen-bond donors (Lipinski definition) is 1. The molecule has 0 unspecified atom stereocenters. The summed E-state index contributed by atoms with van der Waals surface area (Å²) < 4.78 is 9.77. The van der Waals surface area contributed by atoms with Gasteiger partial charge in [0.2, 0.25) is 0 Å². The van der Waals surface area contributed by atoms with E-state index < -0.39 is 5.97 Å². The molecule has 21 heavy (non-hydrogen) atoms. The Morgan fingerprint density at radius 1 is 1.19 bits per heavy atom. The van der Waals surface area contributed by atoms with Gasteiger partial charge in [0.15, 0.2) is 0 Å². The van der Waals surface area contributed by atoms with E-state index >= 15 is 0 Å². The van der Waals surface area contributed by atoms with Gasteiger partial charge in [0.25, 0.3) is 5.91 Å². The van der Waals surface area contributed by atoms with Gasteiger partial charge in [-0.05, 0) is 23.1 Å². The highest BCUT2D eigenvalue weighted by atomic mass is 32.1. The Hall–Kier alpha value is -2.18. The van der Waals surface area contributed by atoms with Crippen molar-refractivity contribution in [2.24, 2.45) is 0 Å². The molecule has 6 heteroatoms. The minimum atomic E-state index is -0.467. The van der Waals surface area contributed by atoms with Gasteiger partial charge in [-0.1, -0.05) is 18.2 Å².